The summed E-state index contributed by atoms with van der Waals surface area (Å²) < 4.78 is 2.47. The van der Waals surface area contributed by atoms with Gasteiger partial charge in [0.2, 0.25) is 0 Å². The van der Waals surface area contributed by atoms with Gasteiger partial charge in [-0.2, -0.15) is 10.2 Å². The zero-order valence-electron chi connectivity index (χ0n) is 12.1. The van der Waals surface area contributed by atoms with E-state index in [1.807, 2.05) is 48.7 Å². The molecule has 6 heteroatoms. The van der Waals surface area contributed by atoms with Gasteiger partial charge in [0.15, 0.2) is 0 Å². The van der Waals surface area contributed by atoms with Crippen LogP contribution in [-0.4, -0.2) is 21.9 Å². The van der Waals surface area contributed by atoms with E-state index in [4.69, 9.17) is 0 Å². The highest BCUT2D eigenvalue weighted by molar-refractivity contribution is 9.10. The second-order valence-electron chi connectivity index (χ2n) is 4.73. The van der Waals surface area contributed by atoms with Crippen molar-refractivity contribution >= 4 is 28.1 Å². The van der Waals surface area contributed by atoms with Crippen LogP contribution in [0, 0.1) is 0 Å². The Morgan fingerprint density at radius 1 is 1.13 bits per heavy atom. The van der Waals surface area contributed by atoms with Gasteiger partial charge in [-0.15, -0.1) is 0 Å². The summed E-state index contributed by atoms with van der Waals surface area (Å²) in [5.74, 6) is -0.274. The van der Waals surface area contributed by atoms with Gasteiger partial charge in [-0.3, -0.25) is 4.79 Å². The van der Waals surface area contributed by atoms with Crippen molar-refractivity contribution < 1.29 is 4.79 Å². The number of carbonyl (C=O) groups is 1. The van der Waals surface area contributed by atoms with Gasteiger partial charge in [0, 0.05) is 16.2 Å². The molecular weight excluding hydrogens is 356 g/mol. The van der Waals surface area contributed by atoms with Crippen LogP contribution in [0.1, 0.15) is 15.9 Å². The van der Waals surface area contributed by atoms with Crippen molar-refractivity contribution in [2.75, 3.05) is 0 Å². The fraction of sp³-hybridized carbons (Fsp3) is 0. The summed E-state index contributed by atoms with van der Waals surface area (Å²) in [7, 11) is 0. The lowest BCUT2D eigenvalue weighted by atomic mass is 10.2. The Labute approximate surface area is 141 Å². The van der Waals surface area contributed by atoms with Gasteiger partial charge < -0.3 is 0 Å². The van der Waals surface area contributed by atoms with Gasteiger partial charge in [-0.25, -0.2) is 10.1 Å². The fourth-order valence-corrected chi connectivity index (χ4v) is 2.46. The number of hydrogen-bond acceptors (Lipinski definition) is 3. The first-order valence-electron chi connectivity index (χ1n) is 6.92. The second-order valence-corrected chi connectivity index (χ2v) is 5.59. The third-order valence-electron chi connectivity index (χ3n) is 3.12. The van der Waals surface area contributed by atoms with Crippen LogP contribution in [-0.2, 0) is 0 Å². The van der Waals surface area contributed by atoms with E-state index in [-0.39, 0.29) is 5.91 Å². The number of hydrazone groups is 1. The van der Waals surface area contributed by atoms with Gasteiger partial charge in [0.1, 0.15) is 0 Å². The zero-order valence-corrected chi connectivity index (χ0v) is 13.6. The molecule has 3 aromatic rings. The fourth-order valence-electron chi connectivity index (χ4n) is 2.00. The average Bonchev–Trinajstić information content (AvgIpc) is 3.05. The molecule has 0 spiro atoms. The number of nitrogens with zero attached hydrogens (tertiary/aromatic N) is 3. The minimum atomic E-state index is -0.274. The number of carbonyl (C=O) groups excluding carboxylic acids is 1. The number of para-hydroxylation sites is 1. The largest absolute Gasteiger partial charge is 0.272 e. The lowest BCUT2D eigenvalue weighted by Crippen LogP contribution is -2.17. The van der Waals surface area contributed by atoms with Crippen molar-refractivity contribution in [2.24, 2.45) is 5.10 Å². The number of amides is 1. The maximum Gasteiger partial charge on any atom is 0.272 e. The van der Waals surface area contributed by atoms with Crippen molar-refractivity contribution in [2.45, 2.75) is 0 Å². The smallest absolute Gasteiger partial charge is 0.267 e. The van der Waals surface area contributed by atoms with Crippen molar-refractivity contribution in [1.29, 1.82) is 0 Å². The Hall–Kier alpha value is -2.73. The van der Waals surface area contributed by atoms with E-state index in [9.17, 15) is 4.79 Å². The highest BCUT2D eigenvalue weighted by atomic mass is 79.9. The standard InChI is InChI=1S/C17H13BrN4O/c18-16-9-5-4-8-15(16)17(23)21-19-10-13-11-20-22(12-13)14-6-2-1-3-7-14/h1-12H,(H,21,23)/b19-10-. The van der Waals surface area contributed by atoms with E-state index in [2.05, 4.69) is 31.6 Å². The number of benzene rings is 2. The molecule has 3 rings (SSSR count). The van der Waals surface area contributed by atoms with Crippen molar-refractivity contribution in [1.82, 2.24) is 15.2 Å². The molecule has 0 saturated heterocycles. The molecule has 23 heavy (non-hydrogen) atoms. The molecule has 1 heterocycles. The minimum absolute atomic E-state index is 0.274. The van der Waals surface area contributed by atoms with Crippen LogP contribution >= 0.6 is 15.9 Å². The first-order valence-corrected chi connectivity index (χ1v) is 7.71. The van der Waals surface area contributed by atoms with Crippen molar-refractivity contribution in [3.05, 3.63) is 82.6 Å². The number of halogens is 1. The Morgan fingerprint density at radius 3 is 2.65 bits per heavy atom. The second kappa shape index (κ2) is 7.02. The minimum Gasteiger partial charge on any atom is -0.267 e. The van der Waals surface area contributed by atoms with E-state index in [1.54, 1.807) is 29.2 Å². The average molecular weight is 369 g/mol. The van der Waals surface area contributed by atoms with E-state index < -0.39 is 0 Å². The Bertz CT molecular complexity index is 843. The van der Waals surface area contributed by atoms with Crippen LogP contribution in [0.2, 0.25) is 0 Å². The Morgan fingerprint density at radius 2 is 1.87 bits per heavy atom. The van der Waals surface area contributed by atoms with Crippen molar-refractivity contribution in [3.63, 3.8) is 0 Å². The molecule has 0 fully saturated rings. The van der Waals surface area contributed by atoms with Crippen LogP contribution < -0.4 is 5.43 Å². The molecule has 0 aliphatic rings. The summed E-state index contributed by atoms with van der Waals surface area (Å²) in [5, 5.41) is 8.23. The predicted molar refractivity (Wildman–Crippen MR) is 92.8 cm³/mol. The van der Waals surface area contributed by atoms with Crippen LogP contribution in [0.25, 0.3) is 5.69 Å². The summed E-state index contributed by atoms with van der Waals surface area (Å²) in [6.45, 7) is 0. The molecule has 1 amide bonds. The van der Waals surface area contributed by atoms with Crippen LogP contribution in [0.4, 0.5) is 0 Å². The van der Waals surface area contributed by atoms with Gasteiger partial charge in [0.05, 0.1) is 23.7 Å². The van der Waals surface area contributed by atoms with Crippen LogP contribution in [0.3, 0.4) is 0 Å². The molecule has 0 unspecified atom stereocenters. The summed E-state index contributed by atoms with van der Waals surface area (Å²) in [6.07, 6.45) is 5.08. The number of rotatable bonds is 4. The quantitative estimate of drug-likeness (QED) is 0.566. The monoisotopic (exact) mass is 368 g/mol. The Balaban J connectivity index is 1.66. The molecule has 1 N–H and O–H groups in total. The normalized spacial score (nSPS) is 10.8. The van der Waals surface area contributed by atoms with E-state index in [0.29, 0.717) is 5.56 Å². The van der Waals surface area contributed by atoms with E-state index in [1.165, 1.54) is 0 Å². The summed E-state index contributed by atoms with van der Waals surface area (Å²) in [6, 6.07) is 16.9. The molecule has 0 radical (unpaired) electrons. The lowest BCUT2D eigenvalue weighted by Gasteiger charge is -2.01. The molecule has 1 aromatic heterocycles. The van der Waals surface area contributed by atoms with E-state index >= 15 is 0 Å². The topological polar surface area (TPSA) is 59.3 Å². The SMILES string of the molecule is O=C(N/N=C\c1cnn(-c2ccccc2)c1)c1ccccc1Br. The number of hydrogen-bond donors (Lipinski definition) is 1. The third-order valence-corrected chi connectivity index (χ3v) is 3.81. The molecule has 0 aliphatic carbocycles. The molecule has 0 aliphatic heterocycles. The van der Waals surface area contributed by atoms with Crippen LogP contribution in [0.5, 0.6) is 0 Å². The highest BCUT2D eigenvalue weighted by Crippen LogP contribution is 2.15. The highest BCUT2D eigenvalue weighted by Gasteiger charge is 2.07. The van der Waals surface area contributed by atoms with Crippen LogP contribution in [0.15, 0.2) is 76.6 Å². The molecule has 5 nitrogen and oxygen atoms in total. The molecule has 114 valence electrons. The Kier molecular flexibility index (Phi) is 4.63. The summed E-state index contributed by atoms with van der Waals surface area (Å²) >= 11 is 3.34. The van der Waals surface area contributed by atoms with Gasteiger partial charge >= 0.3 is 0 Å². The molecule has 0 saturated carbocycles. The first kappa shape index (κ1) is 15.2. The molecule has 0 atom stereocenters. The summed E-state index contributed by atoms with van der Waals surface area (Å²) in [4.78, 5) is 12.0. The molecular formula is C17H13BrN4O. The van der Waals surface area contributed by atoms with E-state index in [0.717, 1.165) is 15.7 Å². The van der Waals surface area contributed by atoms with Gasteiger partial charge in [0.25, 0.3) is 5.91 Å². The zero-order chi connectivity index (χ0) is 16.1. The number of nitrogens with one attached hydrogen (secondary N) is 1. The van der Waals surface area contributed by atoms with Gasteiger partial charge in [-0.05, 0) is 40.2 Å². The molecule has 2 aromatic carbocycles. The lowest BCUT2D eigenvalue weighted by molar-refractivity contribution is 0.0954. The third kappa shape index (κ3) is 3.73. The number of aromatic nitrogens is 2. The molecule has 0 bridgehead atoms. The predicted octanol–water partition coefficient (Wildman–Crippen LogP) is 3.40. The summed E-state index contributed by atoms with van der Waals surface area (Å²) in [5.41, 5.74) is 4.79. The maximum absolute atomic E-state index is 12.0. The van der Waals surface area contributed by atoms with Gasteiger partial charge in [-0.1, -0.05) is 30.3 Å². The van der Waals surface area contributed by atoms with Crippen molar-refractivity contribution in [3.8, 4) is 5.69 Å². The first-order chi connectivity index (χ1) is 11.2. The maximum atomic E-state index is 12.0.